The van der Waals surface area contributed by atoms with Crippen LogP contribution >= 0.6 is 11.8 Å². The summed E-state index contributed by atoms with van der Waals surface area (Å²) in [6.07, 6.45) is 0. The summed E-state index contributed by atoms with van der Waals surface area (Å²) in [4.78, 5) is 35.5. The Kier molecular flexibility index (Phi) is 5.37. The van der Waals surface area contributed by atoms with E-state index in [9.17, 15) is 30.1 Å². The molecule has 148 valence electrons. The van der Waals surface area contributed by atoms with Gasteiger partial charge in [-0.3, -0.25) is 25.0 Å². The lowest BCUT2D eigenvalue weighted by atomic mass is 10.0. The molecule has 0 aliphatic carbocycles. The number of phenolic OH excluding ortho intramolecular Hbond substituents is 1. The fraction of sp³-hybridized carbons (Fsp3) is 0.105. The number of phenols is 1. The number of nitro benzene ring substituents is 2. The van der Waals surface area contributed by atoms with Crippen molar-refractivity contribution in [3.05, 3.63) is 74.3 Å². The molecular formula is C19H15N3O6S. The average Bonchev–Trinajstić information content (AvgIpc) is 2.69. The van der Waals surface area contributed by atoms with Crippen molar-refractivity contribution in [3.63, 3.8) is 0 Å². The molecule has 3 aromatic carbocycles. The van der Waals surface area contributed by atoms with Gasteiger partial charge in [-0.25, -0.2) is 0 Å². The molecule has 0 spiro atoms. The number of benzene rings is 3. The molecule has 0 atom stereocenters. The predicted octanol–water partition coefficient (Wildman–Crippen LogP) is 4.21. The average molecular weight is 413 g/mol. The van der Waals surface area contributed by atoms with Crippen LogP contribution in [0.5, 0.6) is 5.75 Å². The van der Waals surface area contributed by atoms with Gasteiger partial charge in [0.15, 0.2) is 0 Å². The van der Waals surface area contributed by atoms with Crippen LogP contribution in [0.3, 0.4) is 0 Å². The second kappa shape index (κ2) is 7.76. The first-order valence-corrected chi connectivity index (χ1v) is 9.09. The summed E-state index contributed by atoms with van der Waals surface area (Å²) >= 11 is 0.998. The number of rotatable bonds is 5. The van der Waals surface area contributed by atoms with E-state index in [1.165, 1.54) is 23.1 Å². The predicted molar refractivity (Wildman–Crippen MR) is 108 cm³/mol. The second-order valence-corrected chi connectivity index (χ2v) is 7.37. The van der Waals surface area contributed by atoms with E-state index in [0.717, 1.165) is 17.8 Å². The number of carbonyl (C=O) groups excluding carboxylic acids is 1. The minimum Gasteiger partial charge on any atom is -0.506 e. The van der Waals surface area contributed by atoms with E-state index in [2.05, 4.69) is 0 Å². The van der Waals surface area contributed by atoms with Gasteiger partial charge in [-0.1, -0.05) is 36.0 Å². The first kappa shape index (κ1) is 20.1. The van der Waals surface area contributed by atoms with Gasteiger partial charge in [-0.15, -0.1) is 0 Å². The molecule has 1 N–H and O–H groups in total. The molecule has 29 heavy (non-hydrogen) atoms. The Bertz CT molecular complexity index is 1160. The molecule has 0 heterocycles. The molecule has 0 aliphatic heterocycles. The maximum atomic E-state index is 12.5. The van der Waals surface area contributed by atoms with Crippen LogP contribution in [0.25, 0.3) is 10.8 Å². The fourth-order valence-electron chi connectivity index (χ4n) is 2.78. The number of aromatic hydroxyl groups is 1. The van der Waals surface area contributed by atoms with Crippen LogP contribution in [-0.4, -0.2) is 39.9 Å². The zero-order valence-electron chi connectivity index (χ0n) is 15.4. The van der Waals surface area contributed by atoms with Crippen molar-refractivity contribution < 1.29 is 19.7 Å². The third-order valence-corrected chi connectivity index (χ3v) is 5.31. The fourth-order valence-corrected chi connectivity index (χ4v) is 3.86. The summed E-state index contributed by atoms with van der Waals surface area (Å²) in [6, 6.07) is 11.7. The Morgan fingerprint density at radius 3 is 2.21 bits per heavy atom. The van der Waals surface area contributed by atoms with Crippen LogP contribution < -0.4 is 0 Å². The Morgan fingerprint density at radius 2 is 1.62 bits per heavy atom. The van der Waals surface area contributed by atoms with E-state index in [0.29, 0.717) is 15.7 Å². The van der Waals surface area contributed by atoms with Gasteiger partial charge in [-0.05, 0) is 17.5 Å². The lowest BCUT2D eigenvalue weighted by Crippen LogP contribution is -2.21. The third-order valence-electron chi connectivity index (χ3n) is 4.18. The van der Waals surface area contributed by atoms with Gasteiger partial charge in [0.1, 0.15) is 5.75 Å². The molecule has 0 fully saturated rings. The van der Waals surface area contributed by atoms with Crippen LogP contribution in [0.2, 0.25) is 0 Å². The summed E-state index contributed by atoms with van der Waals surface area (Å²) in [7, 11) is 3.09. The maximum absolute atomic E-state index is 12.5. The zero-order chi connectivity index (χ0) is 21.3. The molecule has 3 aromatic rings. The molecule has 0 saturated carbocycles. The lowest BCUT2D eigenvalue weighted by Gasteiger charge is -2.15. The van der Waals surface area contributed by atoms with E-state index < -0.39 is 21.4 Å². The first-order valence-electron chi connectivity index (χ1n) is 8.27. The van der Waals surface area contributed by atoms with E-state index in [4.69, 9.17) is 0 Å². The molecule has 0 saturated heterocycles. The van der Waals surface area contributed by atoms with Crippen LogP contribution in [0.1, 0.15) is 10.4 Å². The van der Waals surface area contributed by atoms with Gasteiger partial charge in [0.25, 0.3) is 17.3 Å². The summed E-state index contributed by atoms with van der Waals surface area (Å²) < 4.78 is 0. The number of hydrogen-bond acceptors (Lipinski definition) is 7. The van der Waals surface area contributed by atoms with Crippen molar-refractivity contribution in [1.29, 1.82) is 0 Å². The topological polar surface area (TPSA) is 127 Å². The standard InChI is InChI=1S/C19H15N3O6S/c1-20(2)19(24)14-10-17(12-5-3-4-6-13(12)18(14)23)29-16-8-7-11(21(25)26)9-15(16)22(27)28/h3-10,23H,1-2H3. The van der Waals surface area contributed by atoms with Crippen LogP contribution in [0, 0.1) is 20.2 Å². The number of carbonyl (C=O) groups is 1. The molecule has 10 heteroatoms. The molecule has 0 bridgehead atoms. The van der Waals surface area contributed by atoms with Gasteiger partial charge in [-0.2, -0.15) is 0 Å². The third kappa shape index (κ3) is 3.83. The van der Waals surface area contributed by atoms with Crippen LogP contribution in [0.15, 0.2) is 58.3 Å². The minimum absolute atomic E-state index is 0.0563. The van der Waals surface area contributed by atoms with Crippen molar-refractivity contribution in [2.45, 2.75) is 9.79 Å². The molecular weight excluding hydrogens is 398 g/mol. The van der Waals surface area contributed by atoms with Crippen molar-refractivity contribution in [2.24, 2.45) is 0 Å². The smallest absolute Gasteiger partial charge is 0.290 e. The van der Waals surface area contributed by atoms with Crippen LogP contribution in [-0.2, 0) is 0 Å². The Balaban J connectivity index is 2.21. The number of amides is 1. The Hall–Kier alpha value is -3.66. The normalized spacial score (nSPS) is 10.7. The number of hydrogen-bond donors (Lipinski definition) is 1. The Labute approximate surface area is 168 Å². The van der Waals surface area contributed by atoms with Gasteiger partial charge < -0.3 is 10.0 Å². The molecule has 0 aromatic heterocycles. The van der Waals surface area contributed by atoms with E-state index in [-0.39, 0.29) is 21.9 Å². The summed E-state index contributed by atoms with van der Waals surface area (Å²) in [5.41, 5.74) is -0.748. The van der Waals surface area contributed by atoms with Crippen molar-refractivity contribution in [1.82, 2.24) is 4.90 Å². The largest absolute Gasteiger partial charge is 0.506 e. The SMILES string of the molecule is CN(C)C(=O)c1cc(Sc2ccc([N+](=O)[O-])cc2[N+](=O)[O-])c2ccccc2c1O. The zero-order valence-corrected chi connectivity index (χ0v) is 16.2. The van der Waals surface area contributed by atoms with Gasteiger partial charge in [0, 0.05) is 30.4 Å². The number of fused-ring (bicyclic) bond motifs is 1. The number of non-ortho nitro benzene ring substituents is 1. The van der Waals surface area contributed by atoms with Gasteiger partial charge >= 0.3 is 0 Å². The lowest BCUT2D eigenvalue weighted by molar-refractivity contribution is -0.396. The minimum atomic E-state index is -0.703. The molecule has 3 rings (SSSR count). The van der Waals surface area contributed by atoms with Gasteiger partial charge in [0.05, 0.1) is 26.4 Å². The maximum Gasteiger partial charge on any atom is 0.290 e. The van der Waals surface area contributed by atoms with E-state index >= 15 is 0 Å². The monoisotopic (exact) mass is 413 g/mol. The van der Waals surface area contributed by atoms with Gasteiger partial charge in [0.2, 0.25) is 0 Å². The Morgan fingerprint density at radius 1 is 0.966 bits per heavy atom. The first-order chi connectivity index (χ1) is 13.7. The second-order valence-electron chi connectivity index (χ2n) is 6.28. The molecule has 0 radical (unpaired) electrons. The summed E-state index contributed by atoms with van der Waals surface area (Å²) in [6.45, 7) is 0. The molecule has 0 aliphatic rings. The molecule has 9 nitrogen and oxygen atoms in total. The highest BCUT2D eigenvalue weighted by atomic mass is 32.2. The van der Waals surface area contributed by atoms with Crippen molar-refractivity contribution in [3.8, 4) is 5.75 Å². The van der Waals surface area contributed by atoms with Crippen molar-refractivity contribution in [2.75, 3.05) is 14.1 Å². The van der Waals surface area contributed by atoms with E-state index in [1.54, 1.807) is 38.4 Å². The highest BCUT2D eigenvalue weighted by molar-refractivity contribution is 7.99. The molecule has 0 unspecified atom stereocenters. The summed E-state index contributed by atoms with van der Waals surface area (Å²) in [5, 5.41) is 34.0. The quantitative estimate of drug-likeness (QED) is 0.490. The van der Waals surface area contributed by atoms with E-state index in [1.807, 2.05) is 0 Å². The highest BCUT2D eigenvalue weighted by Crippen LogP contribution is 2.43. The number of nitrogens with zero attached hydrogens (tertiary/aromatic N) is 3. The van der Waals surface area contributed by atoms with Crippen molar-refractivity contribution >= 4 is 39.8 Å². The summed E-state index contributed by atoms with van der Waals surface area (Å²) in [5.74, 6) is -0.602. The highest BCUT2D eigenvalue weighted by Gasteiger charge is 2.23. The molecule has 1 amide bonds. The van der Waals surface area contributed by atoms with Crippen LogP contribution in [0.4, 0.5) is 11.4 Å². The number of nitro groups is 2.